The standard InChI is InChI=1S/C24H22ClF2N3O5/c1-2-35-10-8-17-16-5-3-4-9-29(16)24(34)20-22(32)21(31)14(12-30(17)20)23(33)28-11-13-6-7-15(26)18(25)19(13)27/h2-4,6-7,12,16-17,32H,1,5,8-11H2,(H,28,33)/t16?,17-/m0/s1. The van der Waals surface area contributed by atoms with Crippen molar-refractivity contribution in [3.8, 4) is 5.75 Å². The van der Waals surface area contributed by atoms with Gasteiger partial charge in [-0.15, -0.1) is 0 Å². The van der Waals surface area contributed by atoms with Gasteiger partial charge >= 0.3 is 0 Å². The topological polar surface area (TPSA) is 101 Å². The largest absolute Gasteiger partial charge is 0.503 e. The van der Waals surface area contributed by atoms with Gasteiger partial charge in [0.25, 0.3) is 11.8 Å². The van der Waals surface area contributed by atoms with E-state index in [9.17, 15) is 28.3 Å². The van der Waals surface area contributed by atoms with Gasteiger partial charge in [-0.1, -0.05) is 36.4 Å². The second kappa shape index (κ2) is 9.91. The lowest BCUT2D eigenvalue weighted by atomic mass is 9.92. The first-order valence-electron chi connectivity index (χ1n) is 10.8. The third-order valence-electron chi connectivity index (χ3n) is 6.17. The van der Waals surface area contributed by atoms with Crippen LogP contribution in [0.2, 0.25) is 5.02 Å². The summed E-state index contributed by atoms with van der Waals surface area (Å²) in [6, 6.07) is 1.40. The Kier molecular flexibility index (Phi) is 6.93. The number of nitrogens with one attached hydrogen (secondary N) is 1. The molecule has 11 heteroatoms. The van der Waals surface area contributed by atoms with Crippen LogP contribution in [0.4, 0.5) is 8.78 Å². The quantitative estimate of drug-likeness (QED) is 0.260. The molecule has 2 aliphatic heterocycles. The van der Waals surface area contributed by atoms with E-state index in [1.165, 1.54) is 17.0 Å². The van der Waals surface area contributed by atoms with E-state index in [0.717, 1.165) is 12.1 Å². The predicted octanol–water partition coefficient (Wildman–Crippen LogP) is 3.29. The van der Waals surface area contributed by atoms with Crippen LogP contribution in [-0.4, -0.2) is 45.6 Å². The molecule has 0 spiro atoms. The Bertz CT molecular complexity index is 1290. The van der Waals surface area contributed by atoms with Gasteiger partial charge < -0.3 is 24.6 Å². The van der Waals surface area contributed by atoms with Crippen LogP contribution in [0.5, 0.6) is 5.75 Å². The summed E-state index contributed by atoms with van der Waals surface area (Å²) < 4.78 is 34.3. The lowest BCUT2D eigenvalue weighted by molar-refractivity contribution is 0.0491. The maximum Gasteiger partial charge on any atom is 0.275 e. The first-order valence-corrected chi connectivity index (χ1v) is 11.2. The molecule has 0 saturated carbocycles. The number of aromatic nitrogens is 1. The monoisotopic (exact) mass is 505 g/mol. The smallest absolute Gasteiger partial charge is 0.275 e. The maximum atomic E-state index is 14.2. The summed E-state index contributed by atoms with van der Waals surface area (Å²) in [6.07, 6.45) is 7.24. The van der Waals surface area contributed by atoms with Crippen molar-refractivity contribution in [2.75, 3.05) is 13.2 Å². The number of hydrogen-bond acceptors (Lipinski definition) is 5. The van der Waals surface area contributed by atoms with Crippen LogP contribution >= 0.6 is 11.6 Å². The third kappa shape index (κ3) is 4.41. The molecule has 2 N–H and O–H groups in total. The predicted molar refractivity (Wildman–Crippen MR) is 123 cm³/mol. The average molecular weight is 506 g/mol. The van der Waals surface area contributed by atoms with Crippen LogP contribution in [0.15, 0.2) is 48.1 Å². The fraction of sp³-hybridized carbons (Fsp3) is 0.292. The molecule has 2 aliphatic rings. The van der Waals surface area contributed by atoms with Crippen molar-refractivity contribution >= 4 is 23.4 Å². The van der Waals surface area contributed by atoms with E-state index >= 15 is 0 Å². The molecule has 0 fully saturated rings. The Labute approximate surface area is 204 Å². The number of carbonyl (C=O) groups excluding carboxylic acids is 2. The van der Waals surface area contributed by atoms with Gasteiger partial charge in [-0.3, -0.25) is 14.4 Å². The zero-order valence-electron chi connectivity index (χ0n) is 18.5. The summed E-state index contributed by atoms with van der Waals surface area (Å²) in [5, 5.41) is 12.3. The Morgan fingerprint density at radius 3 is 2.83 bits per heavy atom. The molecule has 2 amide bonds. The first kappa shape index (κ1) is 24.5. The van der Waals surface area contributed by atoms with Crippen molar-refractivity contribution in [2.45, 2.75) is 31.5 Å². The number of nitrogens with zero attached hydrogens (tertiary/aromatic N) is 2. The molecule has 0 aliphatic carbocycles. The Hall–Kier alpha value is -3.66. The van der Waals surface area contributed by atoms with Crippen LogP contribution in [0.1, 0.15) is 45.3 Å². The number of ether oxygens (including phenoxy) is 1. The summed E-state index contributed by atoms with van der Waals surface area (Å²) in [5.74, 6) is -4.25. The molecule has 1 aromatic carbocycles. The molecule has 4 rings (SSSR count). The first-order chi connectivity index (χ1) is 16.8. The highest BCUT2D eigenvalue weighted by molar-refractivity contribution is 6.30. The second-order valence-electron chi connectivity index (χ2n) is 8.12. The van der Waals surface area contributed by atoms with E-state index in [1.807, 2.05) is 12.2 Å². The lowest BCUT2D eigenvalue weighted by Crippen LogP contribution is -2.53. The van der Waals surface area contributed by atoms with Crippen molar-refractivity contribution in [3.05, 3.63) is 87.0 Å². The number of halogens is 3. The molecule has 1 aromatic heterocycles. The fourth-order valence-corrected chi connectivity index (χ4v) is 4.62. The van der Waals surface area contributed by atoms with E-state index in [4.69, 9.17) is 16.3 Å². The molecular formula is C24H22ClF2N3O5. The van der Waals surface area contributed by atoms with Gasteiger partial charge in [-0.2, -0.15) is 0 Å². The number of amides is 2. The van der Waals surface area contributed by atoms with Gasteiger partial charge in [0.2, 0.25) is 5.43 Å². The van der Waals surface area contributed by atoms with Crippen molar-refractivity contribution in [2.24, 2.45) is 0 Å². The normalized spacial score (nSPS) is 18.6. The van der Waals surface area contributed by atoms with E-state index in [-0.39, 0.29) is 30.5 Å². The summed E-state index contributed by atoms with van der Waals surface area (Å²) in [4.78, 5) is 40.4. The highest BCUT2D eigenvalue weighted by atomic mass is 35.5. The minimum absolute atomic E-state index is 0.0914. The number of fused-ring (bicyclic) bond motifs is 2. The second-order valence-corrected chi connectivity index (χ2v) is 8.50. The number of hydrogen-bond donors (Lipinski definition) is 2. The highest BCUT2D eigenvalue weighted by Crippen LogP contribution is 2.36. The van der Waals surface area contributed by atoms with Crippen LogP contribution in [0, 0.1) is 11.6 Å². The Morgan fingerprint density at radius 2 is 2.09 bits per heavy atom. The maximum absolute atomic E-state index is 14.2. The molecule has 1 unspecified atom stereocenters. The average Bonchev–Trinajstić information content (AvgIpc) is 2.85. The van der Waals surface area contributed by atoms with Crippen molar-refractivity contribution in [3.63, 3.8) is 0 Å². The number of rotatable bonds is 7. The van der Waals surface area contributed by atoms with Crippen LogP contribution in [-0.2, 0) is 11.3 Å². The summed E-state index contributed by atoms with van der Waals surface area (Å²) in [7, 11) is 0. The van der Waals surface area contributed by atoms with Crippen LogP contribution in [0.3, 0.4) is 0 Å². The number of benzene rings is 1. The molecule has 2 atom stereocenters. The molecule has 35 heavy (non-hydrogen) atoms. The van der Waals surface area contributed by atoms with Crippen molar-refractivity contribution in [1.29, 1.82) is 0 Å². The Morgan fingerprint density at radius 1 is 1.31 bits per heavy atom. The van der Waals surface area contributed by atoms with Gasteiger partial charge in [0, 0.05) is 31.3 Å². The molecule has 2 aromatic rings. The van der Waals surface area contributed by atoms with Gasteiger partial charge in [0.1, 0.15) is 22.2 Å². The lowest BCUT2D eigenvalue weighted by Gasteiger charge is -2.44. The molecule has 0 saturated heterocycles. The van der Waals surface area contributed by atoms with Gasteiger partial charge in [0.05, 0.1) is 25.0 Å². The number of carbonyl (C=O) groups is 2. The van der Waals surface area contributed by atoms with Crippen molar-refractivity contribution < 1.29 is 28.2 Å². The van der Waals surface area contributed by atoms with E-state index in [0.29, 0.717) is 19.4 Å². The SMILES string of the molecule is C=COCC[C@H]1C2CC=CCN2C(=O)c2c(O)c(=O)c(C(=O)NCc3ccc(F)c(Cl)c3F)cn21. The third-order valence-corrected chi connectivity index (χ3v) is 6.52. The Balaban J connectivity index is 1.69. The summed E-state index contributed by atoms with van der Waals surface area (Å²) >= 11 is 5.57. The van der Waals surface area contributed by atoms with Crippen LogP contribution in [0.25, 0.3) is 0 Å². The number of aromatic hydroxyl groups is 1. The van der Waals surface area contributed by atoms with Crippen molar-refractivity contribution in [1.82, 2.24) is 14.8 Å². The highest BCUT2D eigenvalue weighted by Gasteiger charge is 2.42. The minimum Gasteiger partial charge on any atom is -0.503 e. The molecule has 0 radical (unpaired) electrons. The van der Waals surface area contributed by atoms with E-state index in [1.54, 1.807) is 4.90 Å². The molecular weight excluding hydrogens is 484 g/mol. The van der Waals surface area contributed by atoms with Gasteiger partial charge in [-0.05, 0) is 12.5 Å². The summed E-state index contributed by atoms with van der Waals surface area (Å²) in [5.41, 5.74) is -1.77. The van der Waals surface area contributed by atoms with E-state index in [2.05, 4.69) is 11.9 Å². The zero-order valence-corrected chi connectivity index (χ0v) is 19.2. The molecule has 0 bridgehead atoms. The van der Waals surface area contributed by atoms with Gasteiger partial charge in [-0.25, -0.2) is 8.78 Å². The molecule has 3 heterocycles. The molecule has 184 valence electrons. The summed E-state index contributed by atoms with van der Waals surface area (Å²) in [6.45, 7) is 3.71. The minimum atomic E-state index is -1.04. The van der Waals surface area contributed by atoms with Gasteiger partial charge in [0.15, 0.2) is 11.4 Å². The van der Waals surface area contributed by atoms with E-state index < -0.39 is 51.3 Å². The fourth-order valence-electron chi connectivity index (χ4n) is 4.44. The van der Waals surface area contributed by atoms with Crippen LogP contribution < -0.4 is 10.7 Å². The zero-order chi connectivity index (χ0) is 25.3. The number of pyridine rings is 1. The molecule has 8 nitrogen and oxygen atoms in total.